The fourth-order valence-electron chi connectivity index (χ4n) is 3.30. The summed E-state index contributed by atoms with van der Waals surface area (Å²) < 4.78 is 5.52. The molecule has 0 fully saturated rings. The predicted octanol–water partition coefficient (Wildman–Crippen LogP) is 5.14. The van der Waals surface area contributed by atoms with E-state index in [1.165, 1.54) is 5.56 Å². The van der Waals surface area contributed by atoms with Gasteiger partial charge in [-0.1, -0.05) is 32.9 Å². The van der Waals surface area contributed by atoms with Gasteiger partial charge in [0.2, 0.25) is 5.82 Å². The van der Waals surface area contributed by atoms with Gasteiger partial charge in [-0.05, 0) is 67.0 Å². The molecule has 5 nitrogen and oxygen atoms in total. The van der Waals surface area contributed by atoms with Crippen molar-refractivity contribution < 1.29 is 9.63 Å². The Hall–Kier alpha value is -2.69. The van der Waals surface area contributed by atoms with Crippen LogP contribution in [0.1, 0.15) is 50.1 Å². The zero-order valence-electron chi connectivity index (χ0n) is 16.7. The van der Waals surface area contributed by atoms with E-state index in [1.54, 1.807) is 6.20 Å². The molecule has 0 unspecified atom stereocenters. The molecule has 0 aliphatic carbocycles. The highest BCUT2D eigenvalue weighted by atomic mass is 16.5. The number of pyridine rings is 1. The summed E-state index contributed by atoms with van der Waals surface area (Å²) in [5.41, 5.74) is 5.73. The summed E-state index contributed by atoms with van der Waals surface area (Å²) in [4.78, 5) is 9.17. The van der Waals surface area contributed by atoms with Gasteiger partial charge in [-0.25, -0.2) is 0 Å². The number of nitrogens with zero attached hydrogens (tertiary/aromatic N) is 3. The topological polar surface area (TPSA) is 72.0 Å². The number of rotatable bonds is 6. The lowest BCUT2D eigenvalue weighted by molar-refractivity contribution is 0.432. The number of aryl methyl sites for hydroxylation is 3. The summed E-state index contributed by atoms with van der Waals surface area (Å²) in [6, 6.07) is 5.91. The van der Waals surface area contributed by atoms with Crippen molar-refractivity contribution in [3.8, 4) is 28.6 Å². The number of phenols is 1. The van der Waals surface area contributed by atoms with Crippen LogP contribution in [0, 0.1) is 12.8 Å². The summed E-state index contributed by atoms with van der Waals surface area (Å²) in [5, 5.41) is 14.3. The molecule has 0 aliphatic heterocycles. The molecule has 1 aromatic carbocycles. The van der Waals surface area contributed by atoms with Gasteiger partial charge in [0.05, 0.1) is 5.56 Å². The second-order valence-corrected chi connectivity index (χ2v) is 7.36. The van der Waals surface area contributed by atoms with Crippen molar-refractivity contribution in [3.63, 3.8) is 0 Å². The van der Waals surface area contributed by atoms with Crippen LogP contribution < -0.4 is 0 Å². The number of benzene rings is 1. The lowest BCUT2D eigenvalue weighted by atomic mass is 9.99. The molecule has 27 heavy (non-hydrogen) atoms. The molecule has 5 heteroatoms. The Morgan fingerprint density at radius 1 is 1.04 bits per heavy atom. The molecule has 2 aromatic heterocycles. The molecule has 0 aliphatic rings. The molecule has 0 spiro atoms. The highest BCUT2D eigenvalue weighted by Crippen LogP contribution is 2.30. The van der Waals surface area contributed by atoms with E-state index < -0.39 is 0 Å². The smallest absolute Gasteiger partial charge is 0.259 e. The van der Waals surface area contributed by atoms with Crippen LogP contribution in [0.25, 0.3) is 22.8 Å². The lowest BCUT2D eigenvalue weighted by Crippen LogP contribution is -2.02. The summed E-state index contributed by atoms with van der Waals surface area (Å²) in [7, 11) is 0. The number of hydrogen-bond donors (Lipinski definition) is 1. The monoisotopic (exact) mass is 365 g/mol. The van der Waals surface area contributed by atoms with Crippen LogP contribution in [0.5, 0.6) is 5.75 Å². The van der Waals surface area contributed by atoms with Gasteiger partial charge in [0.1, 0.15) is 5.75 Å². The number of aromatic nitrogens is 3. The maximum absolute atomic E-state index is 10.1. The Morgan fingerprint density at radius 3 is 2.44 bits per heavy atom. The zero-order chi connectivity index (χ0) is 19.6. The first-order valence-corrected chi connectivity index (χ1v) is 9.57. The molecule has 0 amide bonds. The van der Waals surface area contributed by atoms with E-state index in [0.29, 0.717) is 23.4 Å². The Morgan fingerprint density at radius 2 is 1.78 bits per heavy atom. The number of aromatic hydroxyl groups is 1. The maximum atomic E-state index is 10.1. The first kappa shape index (κ1) is 19.1. The van der Waals surface area contributed by atoms with Gasteiger partial charge in [0.25, 0.3) is 5.89 Å². The van der Waals surface area contributed by atoms with Crippen molar-refractivity contribution in [1.82, 2.24) is 15.1 Å². The maximum Gasteiger partial charge on any atom is 0.259 e. The fraction of sp³-hybridized carbons (Fsp3) is 0.409. The number of phenolic OH excluding ortho intramolecular Hbond substituents is 1. The molecular formula is C22H27N3O2. The zero-order valence-corrected chi connectivity index (χ0v) is 16.7. The van der Waals surface area contributed by atoms with Crippen molar-refractivity contribution in [3.05, 3.63) is 46.8 Å². The van der Waals surface area contributed by atoms with Gasteiger partial charge in [-0.3, -0.25) is 4.98 Å². The van der Waals surface area contributed by atoms with Crippen LogP contribution in [0.15, 0.2) is 28.9 Å². The van der Waals surface area contributed by atoms with E-state index in [0.717, 1.165) is 47.2 Å². The normalized spacial score (nSPS) is 11.3. The first-order valence-electron chi connectivity index (χ1n) is 9.57. The molecule has 0 radical (unpaired) electrons. The van der Waals surface area contributed by atoms with E-state index >= 15 is 0 Å². The van der Waals surface area contributed by atoms with Gasteiger partial charge < -0.3 is 9.63 Å². The second kappa shape index (κ2) is 7.91. The minimum absolute atomic E-state index is 0.336. The second-order valence-electron chi connectivity index (χ2n) is 7.36. The third kappa shape index (κ3) is 4.02. The van der Waals surface area contributed by atoms with Gasteiger partial charge in [0, 0.05) is 17.5 Å². The Bertz CT molecular complexity index is 945. The van der Waals surface area contributed by atoms with Crippen LogP contribution in [-0.2, 0) is 19.3 Å². The van der Waals surface area contributed by atoms with Gasteiger partial charge in [0.15, 0.2) is 0 Å². The minimum atomic E-state index is 0.336. The van der Waals surface area contributed by atoms with E-state index in [-0.39, 0.29) is 0 Å². The molecule has 0 saturated heterocycles. The molecular weight excluding hydrogens is 338 g/mol. The molecule has 0 bridgehead atoms. The van der Waals surface area contributed by atoms with Gasteiger partial charge in [-0.2, -0.15) is 4.98 Å². The van der Waals surface area contributed by atoms with Crippen LogP contribution in [-0.4, -0.2) is 20.2 Å². The van der Waals surface area contributed by atoms with E-state index in [9.17, 15) is 5.11 Å². The third-order valence-electron chi connectivity index (χ3n) is 4.71. The molecule has 3 rings (SSSR count). The standard InChI is InChI=1S/C22H27N3O2/c1-6-15-10-17(9-14(5)20(15)26)21-24-22(27-25-21)18-11-16(8-13(3)4)19(7-2)23-12-18/h9-13,26H,6-8H2,1-5H3. The SMILES string of the molecule is CCc1cc(-c2noc(-c3cnc(CC)c(CC(C)C)c3)n2)cc(C)c1O. The fourth-order valence-corrected chi connectivity index (χ4v) is 3.30. The van der Waals surface area contributed by atoms with E-state index in [4.69, 9.17) is 4.52 Å². The molecule has 3 aromatic rings. The summed E-state index contributed by atoms with van der Waals surface area (Å²) in [5.74, 6) is 1.88. The molecule has 2 heterocycles. The highest BCUT2D eigenvalue weighted by molar-refractivity contribution is 5.63. The van der Waals surface area contributed by atoms with Gasteiger partial charge in [-0.15, -0.1) is 0 Å². The first-order chi connectivity index (χ1) is 12.9. The summed E-state index contributed by atoms with van der Waals surface area (Å²) in [6.07, 6.45) is 4.43. The Kier molecular flexibility index (Phi) is 5.59. The highest BCUT2D eigenvalue weighted by Gasteiger charge is 2.16. The molecule has 0 atom stereocenters. The number of hydrogen-bond acceptors (Lipinski definition) is 5. The van der Waals surface area contributed by atoms with Crippen molar-refractivity contribution in [2.24, 2.45) is 5.92 Å². The summed E-state index contributed by atoms with van der Waals surface area (Å²) in [6.45, 7) is 10.4. The van der Waals surface area contributed by atoms with Crippen LogP contribution in [0.4, 0.5) is 0 Å². The average molecular weight is 365 g/mol. The summed E-state index contributed by atoms with van der Waals surface area (Å²) >= 11 is 0. The van der Waals surface area contributed by atoms with E-state index in [2.05, 4.69) is 42.0 Å². The van der Waals surface area contributed by atoms with Crippen LogP contribution >= 0.6 is 0 Å². The lowest BCUT2D eigenvalue weighted by Gasteiger charge is -2.10. The minimum Gasteiger partial charge on any atom is -0.507 e. The molecule has 1 N–H and O–H groups in total. The van der Waals surface area contributed by atoms with Crippen molar-refractivity contribution >= 4 is 0 Å². The largest absolute Gasteiger partial charge is 0.507 e. The quantitative estimate of drug-likeness (QED) is 0.655. The average Bonchev–Trinajstić information content (AvgIpc) is 3.13. The van der Waals surface area contributed by atoms with Gasteiger partial charge >= 0.3 is 0 Å². The third-order valence-corrected chi connectivity index (χ3v) is 4.71. The van der Waals surface area contributed by atoms with Crippen LogP contribution in [0.2, 0.25) is 0 Å². The predicted molar refractivity (Wildman–Crippen MR) is 107 cm³/mol. The van der Waals surface area contributed by atoms with Crippen molar-refractivity contribution in [2.75, 3.05) is 0 Å². The van der Waals surface area contributed by atoms with Crippen LogP contribution in [0.3, 0.4) is 0 Å². The molecule has 0 saturated carbocycles. The van der Waals surface area contributed by atoms with Crippen molar-refractivity contribution in [2.45, 2.75) is 53.9 Å². The van der Waals surface area contributed by atoms with Crippen molar-refractivity contribution in [1.29, 1.82) is 0 Å². The molecule has 142 valence electrons. The Labute approximate surface area is 160 Å². The Balaban J connectivity index is 1.98. The van der Waals surface area contributed by atoms with E-state index in [1.807, 2.05) is 26.0 Å².